The van der Waals surface area contributed by atoms with Gasteiger partial charge in [0.1, 0.15) is 12.1 Å². The Bertz CT molecular complexity index is 1290. The molecule has 0 bridgehead atoms. The normalized spacial score (nSPS) is 14.5. The minimum Gasteiger partial charge on any atom is -0.480 e. The number of hydrogen-bond acceptors (Lipinski definition) is 6. The lowest BCUT2D eigenvalue weighted by Gasteiger charge is -2.26. The molecule has 0 heterocycles. The van der Waals surface area contributed by atoms with Crippen LogP contribution in [0.15, 0.2) is 91.0 Å². The van der Waals surface area contributed by atoms with Crippen molar-refractivity contribution >= 4 is 23.7 Å². The summed E-state index contributed by atoms with van der Waals surface area (Å²) in [6, 6.07) is 22.4. The topological polar surface area (TPSA) is 171 Å². The molecule has 7 N–H and O–H groups in total. The van der Waals surface area contributed by atoms with Crippen LogP contribution in [0.25, 0.3) is 0 Å². The number of carbonyl (C=O) groups is 4. The molecule has 0 aliphatic rings. The fourth-order valence-corrected chi connectivity index (χ4v) is 4.27. The van der Waals surface area contributed by atoms with Crippen LogP contribution in [0.2, 0.25) is 0 Å². The van der Waals surface area contributed by atoms with E-state index in [-0.39, 0.29) is 19.3 Å². The molecular formula is C31H36N4O6. The molecule has 3 aromatic carbocycles. The first-order valence-electron chi connectivity index (χ1n) is 13.3. The predicted octanol–water partition coefficient (Wildman–Crippen LogP) is 0.962. The van der Waals surface area contributed by atoms with Crippen LogP contribution in [-0.4, -0.2) is 64.2 Å². The zero-order valence-electron chi connectivity index (χ0n) is 22.8. The average molecular weight is 561 g/mol. The van der Waals surface area contributed by atoms with E-state index in [1.54, 1.807) is 42.5 Å². The molecule has 0 fully saturated rings. The number of hydrogen-bond donors (Lipinski definition) is 6. The molecule has 10 heteroatoms. The second-order valence-corrected chi connectivity index (χ2v) is 9.86. The zero-order chi connectivity index (χ0) is 29.8. The van der Waals surface area contributed by atoms with Crippen LogP contribution in [0, 0.1) is 0 Å². The molecule has 0 radical (unpaired) electrons. The summed E-state index contributed by atoms with van der Waals surface area (Å²) < 4.78 is 0. The summed E-state index contributed by atoms with van der Waals surface area (Å²) in [4.78, 5) is 51.5. The van der Waals surface area contributed by atoms with E-state index in [1.807, 2.05) is 48.5 Å². The van der Waals surface area contributed by atoms with Crippen LogP contribution in [0.5, 0.6) is 0 Å². The first kappa shape index (κ1) is 31.0. The number of nitrogens with two attached hydrogens (primary N) is 1. The van der Waals surface area contributed by atoms with Crippen LogP contribution >= 0.6 is 0 Å². The van der Waals surface area contributed by atoms with Crippen molar-refractivity contribution in [1.82, 2.24) is 16.0 Å². The van der Waals surface area contributed by atoms with E-state index in [2.05, 4.69) is 16.0 Å². The number of aliphatic hydroxyl groups is 1. The van der Waals surface area contributed by atoms with Crippen molar-refractivity contribution < 1.29 is 29.4 Å². The maximum Gasteiger partial charge on any atom is 0.328 e. The molecule has 216 valence electrons. The maximum atomic E-state index is 13.6. The Morgan fingerprint density at radius 2 is 1.00 bits per heavy atom. The van der Waals surface area contributed by atoms with Crippen molar-refractivity contribution in [1.29, 1.82) is 0 Å². The highest BCUT2D eigenvalue weighted by Crippen LogP contribution is 2.09. The number of carboxylic acids is 1. The van der Waals surface area contributed by atoms with Gasteiger partial charge in [0.05, 0.1) is 12.1 Å². The highest BCUT2D eigenvalue weighted by atomic mass is 16.4. The Kier molecular flexibility index (Phi) is 11.6. The summed E-state index contributed by atoms with van der Waals surface area (Å²) in [7, 11) is 0. The number of amides is 3. The molecule has 3 aromatic rings. The number of rotatable bonds is 14. The third-order valence-corrected chi connectivity index (χ3v) is 6.51. The summed E-state index contributed by atoms with van der Waals surface area (Å²) in [6.45, 7) is 1.24. The minimum atomic E-state index is -1.58. The largest absolute Gasteiger partial charge is 0.480 e. The smallest absolute Gasteiger partial charge is 0.328 e. The van der Waals surface area contributed by atoms with Crippen LogP contribution in [0.3, 0.4) is 0 Å². The molecule has 5 unspecified atom stereocenters. The van der Waals surface area contributed by atoms with Gasteiger partial charge in [0.25, 0.3) is 0 Å². The third-order valence-electron chi connectivity index (χ3n) is 6.51. The molecule has 0 saturated carbocycles. The molecule has 0 aliphatic carbocycles. The number of aliphatic carboxylic acids is 1. The Hall–Kier alpha value is -4.54. The highest BCUT2D eigenvalue weighted by molar-refractivity contribution is 5.94. The summed E-state index contributed by atoms with van der Waals surface area (Å²) in [5.74, 6) is -3.39. The van der Waals surface area contributed by atoms with Gasteiger partial charge in [-0.3, -0.25) is 14.4 Å². The van der Waals surface area contributed by atoms with E-state index >= 15 is 0 Å². The van der Waals surface area contributed by atoms with Crippen molar-refractivity contribution in [2.24, 2.45) is 5.73 Å². The van der Waals surface area contributed by atoms with Gasteiger partial charge in [-0.1, -0.05) is 91.0 Å². The molecule has 0 aromatic heterocycles. The van der Waals surface area contributed by atoms with E-state index in [1.165, 1.54) is 6.92 Å². The molecule has 41 heavy (non-hydrogen) atoms. The van der Waals surface area contributed by atoms with Crippen molar-refractivity contribution in [3.8, 4) is 0 Å². The van der Waals surface area contributed by atoms with Gasteiger partial charge < -0.3 is 31.9 Å². The van der Waals surface area contributed by atoms with E-state index in [0.29, 0.717) is 5.56 Å². The zero-order valence-corrected chi connectivity index (χ0v) is 22.8. The number of carbonyl (C=O) groups excluding carboxylic acids is 3. The summed E-state index contributed by atoms with van der Waals surface area (Å²) >= 11 is 0. The molecule has 0 saturated heterocycles. The van der Waals surface area contributed by atoms with Gasteiger partial charge in [0.15, 0.2) is 6.04 Å². The first-order valence-corrected chi connectivity index (χ1v) is 13.3. The second-order valence-electron chi connectivity index (χ2n) is 9.86. The predicted molar refractivity (Wildman–Crippen MR) is 154 cm³/mol. The molecule has 10 nitrogen and oxygen atoms in total. The number of aliphatic hydroxyl groups excluding tert-OH is 1. The molecular weight excluding hydrogens is 524 g/mol. The third kappa shape index (κ3) is 9.86. The first-order chi connectivity index (χ1) is 19.6. The monoisotopic (exact) mass is 560 g/mol. The van der Waals surface area contributed by atoms with Gasteiger partial charge in [0.2, 0.25) is 17.7 Å². The molecule has 0 spiro atoms. The SMILES string of the molecule is CC(O)C(NC(=O)C(Cc1ccccc1)NC(=O)C(Cc1ccccc1)NC(=O)C(N)Cc1ccccc1)C(=O)O. The second kappa shape index (κ2) is 15.3. The number of carboxylic acid groups (broad SMARTS) is 1. The van der Waals surface area contributed by atoms with Crippen molar-refractivity contribution in [3.05, 3.63) is 108 Å². The minimum absolute atomic E-state index is 0.0457. The van der Waals surface area contributed by atoms with Gasteiger partial charge in [0, 0.05) is 12.8 Å². The van der Waals surface area contributed by atoms with Gasteiger partial charge in [-0.15, -0.1) is 0 Å². The number of nitrogens with one attached hydrogen (secondary N) is 3. The Labute approximate surface area is 239 Å². The van der Waals surface area contributed by atoms with Gasteiger partial charge in [-0.05, 0) is 30.0 Å². The average Bonchev–Trinajstić information content (AvgIpc) is 2.96. The van der Waals surface area contributed by atoms with Gasteiger partial charge in [-0.2, -0.15) is 0 Å². The van der Waals surface area contributed by atoms with Crippen LogP contribution in [0.1, 0.15) is 23.6 Å². The van der Waals surface area contributed by atoms with E-state index < -0.39 is 54.0 Å². The molecule has 3 amide bonds. The summed E-state index contributed by atoms with van der Waals surface area (Å²) in [5.41, 5.74) is 8.52. The standard InChI is InChI=1S/C31H36N4O6/c1-20(36)27(31(40)41)35-30(39)26(19-23-15-9-4-10-16-23)34-29(38)25(18-22-13-7-3-8-14-22)33-28(37)24(32)17-21-11-5-2-6-12-21/h2-16,20,24-27,36H,17-19,32H2,1H3,(H,33,37)(H,34,38)(H,35,39)(H,40,41). The Balaban J connectivity index is 1.82. The maximum absolute atomic E-state index is 13.6. The summed E-state index contributed by atoms with van der Waals surface area (Å²) in [6.07, 6.45) is -0.937. The van der Waals surface area contributed by atoms with Crippen LogP contribution in [-0.2, 0) is 38.4 Å². The van der Waals surface area contributed by atoms with Crippen molar-refractivity contribution in [2.45, 2.75) is 56.5 Å². The Morgan fingerprint density at radius 1 is 0.634 bits per heavy atom. The lowest BCUT2D eigenvalue weighted by molar-refractivity contribution is -0.145. The fourth-order valence-electron chi connectivity index (χ4n) is 4.27. The lowest BCUT2D eigenvalue weighted by Crippen LogP contribution is -2.59. The fraction of sp³-hybridized carbons (Fsp3) is 0.290. The van der Waals surface area contributed by atoms with Crippen LogP contribution in [0.4, 0.5) is 0 Å². The van der Waals surface area contributed by atoms with Crippen molar-refractivity contribution in [2.75, 3.05) is 0 Å². The Morgan fingerprint density at radius 3 is 1.39 bits per heavy atom. The quantitative estimate of drug-likeness (QED) is 0.170. The molecule has 3 rings (SSSR count). The number of benzene rings is 3. The van der Waals surface area contributed by atoms with E-state index in [4.69, 9.17) is 5.73 Å². The van der Waals surface area contributed by atoms with E-state index in [0.717, 1.165) is 11.1 Å². The van der Waals surface area contributed by atoms with Gasteiger partial charge in [-0.25, -0.2) is 4.79 Å². The summed E-state index contributed by atoms with van der Waals surface area (Å²) in [5, 5.41) is 27.0. The van der Waals surface area contributed by atoms with Gasteiger partial charge >= 0.3 is 5.97 Å². The molecule has 0 aliphatic heterocycles. The molecule has 5 atom stereocenters. The lowest BCUT2D eigenvalue weighted by atomic mass is 10.0. The highest BCUT2D eigenvalue weighted by Gasteiger charge is 2.32. The van der Waals surface area contributed by atoms with E-state index in [9.17, 15) is 29.4 Å². The van der Waals surface area contributed by atoms with Crippen molar-refractivity contribution in [3.63, 3.8) is 0 Å². The van der Waals surface area contributed by atoms with Crippen LogP contribution < -0.4 is 21.7 Å².